The summed E-state index contributed by atoms with van der Waals surface area (Å²) in [6.07, 6.45) is 5.57. The standard InChI is InChI=1S/C16H21IN2O.ClH/c1-10-2-3-14(9-15(10)17)19-16(20)8-11-6-12-4-5-13(7-11)18-12;/h2-3,9,11-13,18H,4-8H2,1H3,(H,19,20);1H. The maximum atomic E-state index is 12.2. The highest BCUT2D eigenvalue weighted by atomic mass is 127. The normalized spacial score (nSPS) is 27.0. The number of piperidine rings is 1. The Morgan fingerprint density at radius 3 is 2.62 bits per heavy atom. The number of nitrogens with one attached hydrogen (secondary N) is 2. The predicted octanol–water partition coefficient (Wildman–Crippen LogP) is 3.88. The second kappa shape index (κ2) is 7.29. The van der Waals surface area contributed by atoms with Gasteiger partial charge in [0, 0.05) is 27.8 Å². The first-order chi connectivity index (χ1) is 9.60. The zero-order valence-corrected chi connectivity index (χ0v) is 15.2. The van der Waals surface area contributed by atoms with Crippen LogP contribution in [0.15, 0.2) is 18.2 Å². The number of aryl methyl sites for hydroxylation is 1. The van der Waals surface area contributed by atoms with Crippen molar-refractivity contribution in [1.29, 1.82) is 0 Å². The van der Waals surface area contributed by atoms with Crippen LogP contribution in [0.5, 0.6) is 0 Å². The fourth-order valence-electron chi connectivity index (χ4n) is 3.49. The molecule has 0 aromatic heterocycles. The number of benzene rings is 1. The van der Waals surface area contributed by atoms with E-state index in [2.05, 4.69) is 46.2 Å². The summed E-state index contributed by atoms with van der Waals surface area (Å²) in [5.41, 5.74) is 2.17. The molecule has 1 amide bonds. The summed E-state index contributed by atoms with van der Waals surface area (Å²) >= 11 is 2.31. The van der Waals surface area contributed by atoms with Gasteiger partial charge in [-0.1, -0.05) is 6.07 Å². The van der Waals surface area contributed by atoms with Crippen LogP contribution >= 0.6 is 35.0 Å². The van der Waals surface area contributed by atoms with Crippen LogP contribution in [0.25, 0.3) is 0 Å². The van der Waals surface area contributed by atoms with Crippen LogP contribution in [0.3, 0.4) is 0 Å². The van der Waals surface area contributed by atoms with Crippen molar-refractivity contribution in [2.45, 2.75) is 51.1 Å². The predicted molar refractivity (Wildman–Crippen MR) is 97.1 cm³/mol. The molecule has 2 fully saturated rings. The molecule has 2 saturated heterocycles. The fourth-order valence-corrected chi connectivity index (χ4v) is 4.00. The molecule has 0 aliphatic carbocycles. The summed E-state index contributed by atoms with van der Waals surface area (Å²) in [6.45, 7) is 2.08. The van der Waals surface area contributed by atoms with E-state index in [1.165, 1.54) is 22.0 Å². The Morgan fingerprint density at radius 1 is 1.33 bits per heavy atom. The minimum absolute atomic E-state index is 0. The Kier molecular flexibility index (Phi) is 5.91. The van der Waals surface area contributed by atoms with Crippen molar-refractivity contribution in [2.24, 2.45) is 5.92 Å². The van der Waals surface area contributed by atoms with E-state index < -0.39 is 0 Å². The highest BCUT2D eigenvalue weighted by molar-refractivity contribution is 14.1. The molecular formula is C16H22ClIN2O. The maximum Gasteiger partial charge on any atom is 0.224 e. The first-order valence-electron chi connectivity index (χ1n) is 7.42. The zero-order chi connectivity index (χ0) is 14.1. The van der Waals surface area contributed by atoms with Gasteiger partial charge in [-0.05, 0) is 78.8 Å². The summed E-state index contributed by atoms with van der Waals surface area (Å²) in [5.74, 6) is 0.717. The van der Waals surface area contributed by atoms with Gasteiger partial charge in [-0.3, -0.25) is 4.79 Å². The highest BCUT2D eigenvalue weighted by Gasteiger charge is 2.34. The van der Waals surface area contributed by atoms with Crippen LogP contribution in [0, 0.1) is 16.4 Å². The summed E-state index contributed by atoms with van der Waals surface area (Å²) in [6, 6.07) is 7.41. The molecule has 2 unspecified atom stereocenters. The summed E-state index contributed by atoms with van der Waals surface area (Å²) in [4.78, 5) is 12.2. The smallest absolute Gasteiger partial charge is 0.224 e. The van der Waals surface area contributed by atoms with E-state index in [0.29, 0.717) is 24.4 Å². The lowest BCUT2D eigenvalue weighted by Crippen LogP contribution is -2.39. The molecule has 3 rings (SSSR count). The molecule has 0 saturated carbocycles. The van der Waals surface area contributed by atoms with Crippen molar-refractivity contribution < 1.29 is 4.79 Å². The monoisotopic (exact) mass is 420 g/mol. The number of fused-ring (bicyclic) bond motifs is 2. The first kappa shape index (κ1) is 17.0. The van der Waals surface area contributed by atoms with Crippen LogP contribution in [-0.4, -0.2) is 18.0 Å². The van der Waals surface area contributed by atoms with E-state index in [0.717, 1.165) is 18.5 Å². The third-order valence-corrected chi connectivity index (χ3v) is 5.66. The van der Waals surface area contributed by atoms with Crippen molar-refractivity contribution in [3.05, 3.63) is 27.3 Å². The number of amides is 1. The van der Waals surface area contributed by atoms with Crippen LogP contribution in [0.1, 0.15) is 37.7 Å². The molecule has 2 atom stereocenters. The minimum Gasteiger partial charge on any atom is -0.326 e. The minimum atomic E-state index is 0. The van der Waals surface area contributed by atoms with Gasteiger partial charge in [0.15, 0.2) is 0 Å². The second-order valence-electron chi connectivity index (χ2n) is 6.19. The van der Waals surface area contributed by atoms with Crippen molar-refractivity contribution in [3.8, 4) is 0 Å². The SMILES string of the molecule is Cc1ccc(NC(=O)CC2CC3CCC(C2)N3)cc1I.Cl. The van der Waals surface area contributed by atoms with Crippen LogP contribution in [0.4, 0.5) is 5.69 Å². The quantitative estimate of drug-likeness (QED) is 0.729. The van der Waals surface area contributed by atoms with E-state index in [-0.39, 0.29) is 18.3 Å². The number of rotatable bonds is 3. The van der Waals surface area contributed by atoms with Gasteiger partial charge in [-0.15, -0.1) is 12.4 Å². The van der Waals surface area contributed by atoms with E-state index in [9.17, 15) is 4.79 Å². The average Bonchev–Trinajstić information content (AvgIpc) is 2.73. The molecule has 2 aliphatic rings. The highest BCUT2D eigenvalue weighted by Crippen LogP contribution is 2.32. The molecule has 3 nitrogen and oxygen atoms in total. The third-order valence-electron chi connectivity index (χ3n) is 4.50. The van der Waals surface area contributed by atoms with Gasteiger partial charge in [-0.2, -0.15) is 0 Å². The number of hydrogen-bond donors (Lipinski definition) is 2. The summed E-state index contributed by atoms with van der Waals surface area (Å²) in [5, 5.41) is 6.67. The average molecular weight is 421 g/mol. The molecule has 0 radical (unpaired) electrons. The third kappa shape index (κ3) is 4.33. The number of hydrogen-bond acceptors (Lipinski definition) is 2. The Morgan fingerprint density at radius 2 is 2.00 bits per heavy atom. The Bertz CT molecular complexity index is 511. The van der Waals surface area contributed by atoms with Crippen LogP contribution in [-0.2, 0) is 4.79 Å². The number of anilines is 1. The zero-order valence-electron chi connectivity index (χ0n) is 12.2. The molecule has 2 N–H and O–H groups in total. The van der Waals surface area contributed by atoms with Crippen molar-refractivity contribution in [3.63, 3.8) is 0 Å². The largest absolute Gasteiger partial charge is 0.326 e. The van der Waals surface area contributed by atoms with Gasteiger partial charge >= 0.3 is 0 Å². The molecule has 116 valence electrons. The van der Waals surface area contributed by atoms with Gasteiger partial charge < -0.3 is 10.6 Å². The van der Waals surface area contributed by atoms with Gasteiger partial charge in [0.2, 0.25) is 5.91 Å². The van der Waals surface area contributed by atoms with Crippen LogP contribution < -0.4 is 10.6 Å². The summed E-state index contributed by atoms with van der Waals surface area (Å²) < 4.78 is 1.19. The van der Waals surface area contributed by atoms with Gasteiger partial charge in [0.25, 0.3) is 0 Å². The van der Waals surface area contributed by atoms with E-state index in [1.807, 2.05) is 12.1 Å². The lowest BCUT2D eigenvalue weighted by molar-refractivity contribution is -0.117. The molecule has 2 aliphatic heterocycles. The number of halogens is 2. The molecule has 0 spiro atoms. The Hall–Kier alpha value is -0.330. The second-order valence-corrected chi connectivity index (χ2v) is 7.35. The topological polar surface area (TPSA) is 41.1 Å². The van der Waals surface area contributed by atoms with Crippen molar-refractivity contribution >= 4 is 46.6 Å². The van der Waals surface area contributed by atoms with Crippen molar-refractivity contribution in [2.75, 3.05) is 5.32 Å². The molecule has 1 aromatic rings. The molecule has 2 heterocycles. The maximum absolute atomic E-state index is 12.2. The number of carbonyl (C=O) groups excluding carboxylic acids is 1. The molecule has 21 heavy (non-hydrogen) atoms. The summed E-state index contributed by atoms with van der Waals surface area (Å²) in [7, 11) is 0. The lowest BCUT2D eigenvalue weighted by Gasteiger charge is -2.28. The molecular weight excluding hydrogens is 399 g/mol. The number of carbonyl (C=O) groups is 1. The van der Waals surface area contributed by atoms with Gasteiger partial charge in [-0.25, -0.2) is 0 Å². The van der Waals surface area contributed by atoms with Gasteiger partial charge in [0.05, 0.1) is 0 Å². The van der Waals surface area contributed by atoms with E-state index in [1.54, 1.807) is 0 Å². The molecule has 2 bridgehead atoms. The Labute approximate surface area is 146 Å². The van der Waals surface area contributed by atoms with Gasteiger partial charge in [0.1, 0.15) is 0 Å². The first-order valence-corrected chi connectivity index (χ1v) is 8.50. The van der Waals surface area contributed by atoms with Crippen molar-refractivity contribution in [1.82, 2.24) is 5.32 Å². The van der Waals surface area contributed by atoms with Crippen LogP contribution in [0.2, 0.25) is 0 Å². The van der Waals surface area contributed by atoms with E-state index >= 15 is 0 Å². The lowest BCUT2D eigenvalue weighted by atomic mass is 9.89. The Balaban J connectivity index is 0.00000161. The molecule has 1 aromatic carbocycles. The van der Waals surface area contributed by atoms with E-state index in [4.69, 9.17) is 0 Å². The molecule has 5 heteroatoms. The fraction of sp³-hybridized carbons (Fsp3) is 0.562.